The summed E-state index contributed by atoms with van der Waals surface area (Å²) in [6.07, 6.45) is 0.286. The number of hydrogen-bond donors (Lipinski definition) is 1. The van der Waals surface area contributed by atoms with Crippen LogP contribution in [0.3, 0.4) is 0 Å². The van der Waals surface area contributed by atoms with Crippen LogP contribution in [0.5, 0.6) is 0 Å². The number of rotatable bonds is 4. The highest BCUT2D eigenvalue weighted by Crippen LogP contribution is 2.00. The van der Waals surface area contributed by atoms with Gasteiger partial charge in [-0.05, 0) is 0 Å². The molecule has 1 atom stereocenters. The molecular formula is C9H18N2O3. The van der Waals surface area contributed by atoms with Gasteiger partial charge in [-0.2, -0.15) is 0 Å². The topological polar surface area (TPSA) is 64.8 Å². The Morgan fingerprint density at radius 1 is 1.57 bits per heavy atom. The maximum Gasteiger partial charge on any atom is 0.307 e. The predicted molar refractivity (Wildman–Crippen MR) is 51.9 cm³/mol. The third-order valence-corrected chi connectivity index (χ3v) is 2.25. The van der Waals surface area contributed by atoms with Crippen molar-refractivity contribution in [1.82, 2.24) is 4.90 Å². The van der Waals surface area contributed by atoms with Crippen molar-refractivity contribution >= 4 is 5.97 Å². The first-order chi connectivity index (χ1) is 6.72. The van der Waals surface area contributed by atoms with Gasteiger partial charge in [-0.3, -0.25) is 9.69 Å². The Morgan fingerprint density at radius 2 is 2.21 bits per heavy atom. The summed E-state index contributed by atoms with van der Waals surface area (Å²) in [5.41, 5.74) is 5.80. The molecule has 5 nitrogen and oxygen atoms in total. The summed E-state index contributed by atoms with van der Waals surface area (Å²) < 4.78 is 9.76. The minimum Gasteiger partial charge on any atom is -0.469 e. The summed E-state index contributed by atoms with van der Waals surface area (Å²) in [6.45, 7) is 4.04. The average molecular weight is 202 g/mol. The van der Waals surface area contributed by atoms with E-state index in [4.69, 9.17) is 10.5 Å². The molecule has 2 N–H and O–H groups in total. The van der Waals surface area contributed by atoms with Gasteiger partial charge in [0.25, 0.3) is 0 Å². The Labute approximate surface area is 84.1 Å². The number of esters is 1. The van der Waals surface area contributed by atoms with E-state index in [0.717, 1.165) is 32.8 Å². The number of carbonyl (C=O) groups is 1. The first-order valence-electron chi connectivity index (χ1n) is 4.85. The van der Waals surface area contributed by atoms with Gasteiger partial charge < -0.3 is 15.2 Å². The molecule has 0 aromatic rings. The van der Waals surface area contributed by atoms with E-state index in [1.807, 2.05) is 0 Å². The van der Waals surface area contributed by atoms with Gasteiger partial charge in [0.05, 0.1) is 26.7 Å². The number of ether oxygens (including phenoxy) is 2. The molecule has 0 aliphatic carbocycles. The van der Waals surface area contributed by atoms with Crippen LogP contribution in [0.4, 0.5) is 0 Å². The summed E-state index contributed by atoms with van der Waals surface area (Å²) in [6, 6.07) is -0.138. The number of morpholine rings is 1. The van der Waals surface area contributed by atoms with Crippen molar-refractivity contribution in [2.75, 3.05) is 40.0 Å². The smallest absolute Gasteiger partial charge is 0.307 e. The Bertz CT molecular complexity index is 181. The molecule has 82 valence electrons. The average Bonchev–Trinajstić information content (AvgIpc) is 2.19. The quantitative estimate of drug-likeness (QED) is 0.605. The number of hydrogen-bond acceptors (Lipinski definition) is 5. The van der Waals surface area contributed by atoms with Gasteiger partial charge in [0.15, 0.2) is 0 Å². The maximum atomic E-state index is 10.9. The van der Waals surface area contributed by atoms with Crippen molar-refractivity contribution in [3.05, 3.63) is 0 Å². The molecule has 1 rings (SSSR count). The Balaban J connectivity index is 2.18. The molecule has 0 aromatic carbocycles. The lowest BCUT2D eigenvalue weighted by molar-refractivity contribution is -0.141. The van der Waals surface area contributed by atoms with Crippen LogP contribution in [0.25, 0.3) is 0 Å². The van der Waals surface area contributed by atoms with Crippen LogP contribution < -0.4 is 5.73 Å². The Morgan fingerprint density at radius 3 is 2.79 bits per heavy atom. The molecule has 0 radical (unpaired) electrons. The van der Waals surface area contributed by atoms with Crippen molar-refractivity contribution in [3.63, 3.8) is 0 Å². The number of methoxy groups -OCH3 is 1. The Kier molecular flexibility index (Phi) is 4.86. The van der Waals surface area contributed by atoms with E-state index in [-0.39, 0.29) is 18.4 Å². The molecule has 1 unspecified atom stereocenters. The third-order valence-electron chi connectivity index (χ3n) is 2.25. The van der Waals surface area contributed by atoms with Gasteiger partial charge in [0.2, 0.25) is 0 Å². The highest BCUT2D eigenvalue weighted by molar-refractivity contribution is 5.69. The highest BCUT2D eigenvalue weighted by atomic mass is 16.5. The van der Waals surface area contributed by atoms with Crippen molar-refractivity contribution < 1.29 is 14.3 Å². The van der Waals surface area contributed by atoms with Gasteiger partial charge in [-0.1, -0.05) is 0 Å². The third kappa shape index (κ3) is 4.04. The zero-order valence-electron chi connectivity index (χ0n) is 8.57. The predicted octanol–water partition coefficient (Wildman–Crippen LogP) is -0.791. The maximum absolute atomic E-state index is 10.9. The highest BCUT2D eigenvalue weighted by Gasteiger charge is 2.16. The molecule has 1 saturated heterocycles. The first-order valence-corrected chi connectivity index (χ1v) is 4.85. The summed E-state index contributed by atoms with van der Waals surface area (Å²) in [4.78, 5) is 13.1. The number of carbonyl (C=O) groups excluding carboxylic acids is 1. The molecule has 1 aliphatic heterocycles. The van der Waals surface area contributed by atoms with Crippen molar-refractivity contribution in [2.24, 2.45) is 5.73 Å². The Hall–Kier alpha value is -0.650. The van der Waals surface area contributed by atoms with Crippen LogP contribution in [0, 0.1) is 0 Å². The molecular weight excluding hydrogens is 184 g/mol. The van der Waals surface area contributed by atoms with Crippen molar-refractivity contribution in [2.45, 2.75) is 12.5 Å². The second kappa shape index (κ2) is 5.95. The standard InChI is InChI=1S/C9H18N2O3/c1-13-9(12)6-8(10)7-11-2-4-14-5-3-11/h8H,2-7,10H2,1H3. The summed E-state index contributed by atoms with van der Waals surface area (Å²) in [5, 5.41) is 0. The zero-order chi connectivity index (χ0) is 10.4. The number of nitrogens with two attached hydrogens (primary N) is 1. The van der Waals surface area contributed by atoms with E-state index < -0.39 is 0 Å². The van der Waals surface area contributed by atoms with Crippen LogP contribution >= 0.6 is 0 Å². The van der Waals surface area contributed by atoms with Gasteiger partial charge in [-0.15, -0.1) is 0 Å². The van der Waals surface area contributed by atoms with E-state index in [1.165, 1.54) is 7.11 Å². The van der Waals surface area contributed by atoms with Crippen LogP contribution in [0.1, 0.15) is 6.42 Å². The largest absolute Gasteiger partial charge is 0.469 e. The summed E-state index contributed by atoms with van der Waals surface area (Å²) in [7, 11) is 1.38. The van der Waals surface area contributed by atoms with Crippen LogP contribution in [-0.4, -0.2) is 56.9 Å². The van der Waals surface area contributed by atoms with Crippen molar-refractivity contribution in [3.8, 4) is 0 Å². The molecule has 1 aliphatic rings. The number of nitrogens with zero attached hydrogens (tertiary/aromatic N) is 1. The molecule has 0 aromatic heterocycles. The van der Waals surface area contributed by atoms with Crippen LogP contribution in [0.15, 0.2) is 0 Å². The first kappa shape index (κ1) is 11.4. The molecule has 1 fully saturated rings. The van der Waals surface area contributed by atoms with E-state index >= 15 is 0 Å². The van der Waals surface area contributed by atoms with Crippen LogP contribution in [0.2, 0.25) is 0 Å². The van der Waals surface area contributed by atoms with E-state index in [0.29, 0.717) is 0 Å². The second-order valence-electron chi connectivity index (χ2n) is 3.45. The summed E-state index contributed by atoms with van der Waals surface area (Å²) in [5.74, 6) is -0.245. The summed E-state index contributed by atoms with van der Waals surface area (Å²) >= 11 is 0. The minimum absolute atomic E-state index is 0.138. The molecule has 0 bridgehead atoms. The fourth-order valence-electron chi connectivity index (χ4n) is 1.48. The minimum atomic E-state index is -0.245. The molecule has 0 saturated carbocycles. The zero-order valence-corrected chi connectivity index (χ0v) is 8.57. The SMILES string of the molecule is COC(=O)CC(N)CN1CCOCC1. The van der Waals surface area contributed by atoms with E-state index in [9.17, 15) is 4.79 Å². The van der Waals surface area contributed by atoms with E-state index in [2.05, 4.69) is 9.64 Å². The van der Waals surface area contributed by atoms with Gasteiger partial charge in [-0.25, -0.2) is 0 Å². The monoisotopic (exact) mass is 202 g/mol. The molecule has 0 amide bonds. The van der Waals surface area contributed by atoms with Crippen LogP contribution in [-0.2, 0) is 14.3 Å². The van der Waals surface area contributed by atoms with Gasteiger partial charge in [0.1, 0.15) is 0 Å². The fraction of sp³-hybridized carbons (Fsp3) is 0.889. The fourth-order valence-corrected chi connectivity index (χ4v) is 1.48. The lowest BCUT2D eigenvalue weighted by Gasteiger charge is -2.28. The van der Waals surface area contributed by atoms with Crippen molar-refractivity contribution in [1.29, 1.82) is 0 Å². The molecule has 0 spiro atoms. The second-order valence-corrected chi connectivity index (χ2v) is 3.45. The lowest BCUT2D eigenvalue weighted by Crippen LogP contribution is -2.44. The van der Waals surface area contributed by atoms with Gasteiger partial charge >= 0.3 is 5.97 Å². The van der Waals surface area contributed by atoms with Gasteiger partial charge in [0, 0.05) is 25.7 Å². The normalized spacial score (nSPS) is 20.4. The van der Waals surface area contributed by atoms with E-state index in [1.54, 1.807) is 0 Å². The molecule has 14 heavy (non-hydrogen) atoms. The lowest BCUT2D eigenvalue weighted by atomic mass is 10.2. The molecule has 5 heteroatoms. The molecule has 1 heterocycles.